The summed E-state index contributed by atoms with van der Waals surface area (Å²) in [7, 11) is 1.48. The minimum atomic E-state index is -0.739. The highest BCUT2D eigenvalue weighted by Gasteiger charge is 2.45. The predicted octanol–water partition coefficient (Wildman–Crippen LogP) is 1.82. The number of methoxy groups -OCH3 is 1. The number of aliphatic hydroxyl groups excluding tert-OH is 1. The number of amides is 2. The van der Waals surface area contributed by atoms with E-state index in [4.69, 9.17) is 16.3 Å². The first-order chi connectivity index (χ1) is 10.5. The van der Waals surface area contributed by atoms with Gasteiger partial charge in [0.1, 0.15) is 5.82 Å². The molecule has 1 aliphatic carbocycles. The van der Waals surface area contributed by atoms with Gasteiger partial charge in [-0.2, -0.15) is 0 Å². The Morgan fingerprint density at radius 2 is 2.23 bits per heavy atom. The molecule has 22 heavy (non-hydrogen) atoms. The van der Waals surface area contributed by atoms with Crippen molar-refractivity contribution in [3.63, 3.8) is 0 Å². The van der Waals surface area contributed by atoms with Crippen LogP contribution in [0.4, 0.5) is 9.18 Å². The van der Waals surface area contributed by atoms with Gasteiger partial charge in [0.15, 0.2) is 0 Å². The van der Waals surface area contributed by atoms with E-state index in [9.17, 15) is 14.3 Å². The fourth-order valence-corrected chi connectivity index (χ4v) is 2.75. The second-order valence-corrected chi connectivity index (χ2v) is 5.98. The molecule has 1 atom stereocenters. The van der Waals surface area contributed by atoms with Crippen molar-refractivity contribution in [1.29, 1.82) is 0 Å². The Morgan fingerprint density at radius 1 is 1.50 bits per heavy atom. The van der Waals surface area contributed by atoms with Gasteiger partial charge in [-0.3, -0.25) is 0 Å². The molecule has 0 heterocycles. The second kappa shape index (κ2) is 7.26. The summed E-state index contributed by atoms with van der Waals surface area (Å²) in [5, 5.41) is 15.2. The average Bonchev–Trinajstić information content (AvgIpc) is 3.24. The van der Waals surface area contributed by atoms with Gasteiger partial charge in [0.25, 0.3) is 0 Å². The monoisotopic (exact) mass is 330 g/mol. The van der Waals surface area contributed by atoms with Crippen LogP contribution in [0, 0.1) is 5.82 Å². The van der Waals surface area contributed by atoms with E-state index in [-0.39, 0.29) is 30.4 Å². The van der Waals surface area contributed by atoms with E-state index in [1.807, 2.05) is 0 Å². The summed E-state index contributed by atoms with van der Waals surface area (Å²) < 4.78 is 17.9. The molecule has 3 N–H and O–H groups in total. The zero-order chi connectivity index (χ0) is 16.2. The van der Waals surface area contributed by atoms with Crippen molar-refractivity contribution in [3.8, 4) is 0 Å². The van der Waals surface area contributed by atoms with Crippen molar-refractivity contribution < 1.29 is 19.0 Å². The largest absolute Gasteiger partial charge is 0.389 e. The quantitative estimate of drug-likeness (QED) is 0.714. The molecule has 122 valence electrons. The number of carbonyl (C=O) groups is 1. The van der Waals surface area contributed by atoms with Crippen LogP contribution in [0.15, 0.2) is 18.2 Å². The number of nitrogens with one attached hydrogen (secondary N) is 2. The Hall–Kier alpha value is -1.37. The molecule has 0 saturated heterocycles. The number of ether oxygens (including phenoxy) is 1. The molecule has 0 aromatic heterocycles. The van der Waals surface area contributed by atoms with Crippen LogP contribution >= 0.6 is 11.6 Å². The zero-order valence-electron chi connectivity index (χ0n) is 12.4. The molecule has 1 aromatic rings. The smallest absolute Gasteiger partial charge is 0.314 e. The lowest BCUT2D eigenvalue weighted by atomic mass is 9.96. The van der Waals surface area contributed by atoms with Gasteiger partial charge < -0.3 is 20.5 Å². The van der Waals surface area contributed by atoms with Gasteiger partial charge >= 0.3 is 6.03 Å². The van der Waals surface area contributed by atoms with E-state index < -0.39 is 6.10 Å². The Kier molecular flexibility index (Phi) is 5.61. The lowest BCUT2D eigenvalue weighted by Gasteiger charge is -2.19. The molecule has 2 amide bonds. The van der Waals surface area contributed by atoms with Gasteiger partial charge in [0, 0.05) is 30.6 Å². The van der Waals surface area contributed by atoms with Crippen LogP contribution in [0.25, 0.3) is 0 Å². The molecule has 0 bridgehead atoms. The van der Waals surface area contributed by atoms with Crippen LogP contribution in [0.1, 0.15) is 18.4 Å². The number of hydrogen-bond acceptors (Lipinski definition) is 3. The van der Waals surface area contributed by atoms with E-state index in [1.165, 1.54) is 19.2 Å². The van der Waals surface area contributed by atoms with Crippen molar-refractivity contribution in [2.24, 2.45) is 0 Å². The van der Waals surface area contributed by atoms with Crippen molar-refractivity contribution >= 4 is 17.6 Å². The maximum atomic E-state index is 13.1. The minimum Gasteiger partial charge on any atom is -0.389 e. The molecule has 1 aromatic carbocycles. The molecule has 0 radical (unpaired) electrons. The normalized spacial score (nSPS) is 16.9. The lowest BCUT2D eigenvalue weighted by molar-refractivity contribution is 0.0660. The zero-order valence-corrected chi connectivity index (χ0v) is 13.1. The third-order valence-electron chi connectivity index (χ3n) is 3.80. The second-order valence-electron chi connectivity index (χ2n) is 5.58. The molecule has 7 heteroatoms. The number of halogens is 2. The lowest BCUT2D eigenvalue weighted by Crippen LogP contribution is -2.43. The molecular formula is C15H20ClFN2O3. The predicted molar refractivity (Wildman–Crippen MR) is 81.6 cm³/mol. The van der Waals surface area contributed by atoms with Crippen LogP contribution in [0.2, 0.25) is 5.02 Å². The summed E-state index contributed by atoms with van der Waals surface area (Å²) in [6.07, 6.45) is 1.05. The van der Waals surface area contributed by atoms with Gasteiger partial charge in [-0.25, -0.2) is 9.18 Å². The fourth-order valence-electron chi connectivity index (χ4n) is 2.39. The van der Waals surface area contributed by atoms with Gasteiger partial charge in [-0.05, 0) is 30.5 Å². The number of urea groups is 1. The summed E-state index contributed by atoms with van der Waals surface area (Å²) in [4.78, 5) is 11.7. The third-order valence-corrected chi connectivity index (χ3v) is 4.11. The standard InChI is InChI=1S/C15H20ClFN2O3/c1-22-8-11(20)7-18-14(21)19-9-15(4-5-15)12-3-2-10(17)6-13(12)16/h2-3,6,11,20H,4-5,7-9H2,1H3,(H2,18,19,21). The van der Waals surface area contributed by atoms with Crippen molar-refractivity contribution in [1.82, 2.24) is 10.6 Å². The van der Waals surface area contributed by atoms with Gasteiger partial charge in [0.05, 0.1) is 12.7 Å². The van der Waals surface area contributed by atoms with Crippen LogP contribution in [-0.4, -0.2) is 44.0 Å². The molecule has 1 unspecified atom stereocenters. The summed E-state index contributed by atoms with van der Waals surface area (Å²) in [5.41, 5.74) is 0.642. The Labute approximate surface area is 133 Å². The van der Waals surface area contributed by atoms with Crippen LogP contribution in [0.5, 0.6) is 0 Å². The van der Waals surface area contributed by atoms with E-state index in [1.54, 1.807) is 6.07 Å². The molecule has 0 spiro atoms. The summed E-state index contributed by atoms with van der Waals surface area (Å²) in [5.74, 6) is -0.373. The van der Waals surface area contributed by atoms with Gasteiger partial charge in [0.2, 0.25) is 0 Å². The Bertz CT molecular complexity index is 538. The Balaban J connectivity index is 1.84. The van der Waals surface area contributed by atoms with E-state index in [2.05, 4.69) is 10.6 Å². The number of benzene rings is 1. The van der Waals surface area contributed by atoms with Crippen LogP contribution < -0.4 is 10.6 Å². The molecule has 1 saturated carbocycles. The topological polar surface area (TPSA) is 70.6 Å². The Morgan fingerprint density at radius 3 is 2.82 bits per heavy atom. The first kappa shape index (κ1) is 17.0. The fraction of sp³-hybridized carbons (Fsp3) is 0.533. The van der Waals surface area contributed by atoms with Crippen LogP contribution in [-0.2, 0) is 10.2 Å². The highest BCUT2D eigenvalue weighted by molar-refractivity contribution is 6.31. The van der Waals surface area contributed by atoms with Gasteiger partial charge in [-0.1, -0.05) is 17.7 Å². The SMILES string of the molecule is COCC(O)CNC(=O)NCC1(c2ccc(F)cc2Cl)CC1. The first-order valence-electron chi connectivity index (χ1n) is 7.11. The van der Waals surface area contributed by atoms with E-state index >= 15 is 0 Å². The third kappa shape index (κ3) is 4.32. The number of hydrogen-bond donors (Lipinski definition) is 3. The van der Waals surface area contributed by atoms with Crippen molar-refractivity contribution in [2.75, 3.05) is 26.8 Å². The molecule has 5 nitrogen and oxygen atoms in total. The number of aliphatic hydroxyl groups is 1. The maximum absolute atomic E-state index is 13.1. The van der Waals surface area contributed by atoms with Gasteiger partial charge in [-0.15, -0.1) is 0 Å². The maximum Gasteiger partial charge on any atom is 0.314 e. The molecule has 1 fully saturated rings. The van der Waals surface area contributed by atoms with Crippen molar-refractivity contribution in [2.45, 2.75) is 24.4 Å². The summed E-state index contributed by atoms with van der Waals surface area (Å²) in [6.45, 7) is 0.698. The average molecular weight is 331 g/mol. The summed E-state index contributed by atoms with van der Waals surface area (Å²) in [6, 6.07) is 3.98. The number of carbonyl (C=O) groups excluding carboxylic acids is 1. The highest BCUT2D eigenvalue weighted by atomic mass is 35.5. The van der Waals surface area contributed by atoms with Crippen molar-refractivity contribution in [3.05, 3.63) is 34.6 Å². The van der Waals surface area contributed by atoms with E-state index in [0.717, 1.165) is 18.4 Å². The summed E-state index contributed by atoms with van der Waals surface area (Å²) >= 11 is 6.09. The molecule has 1 aliphatic rings. The molecular weight excluding hydrogens is 311 g/mol. The molecule has 2 rings (SSSR count). The van der Waals surface area contributed by atoms with E-state index in [0.29, 0.717) is 11.6 Å². The minimum absolute atomic E-state index is 0.115. The highest BCUT2D eigenvalue weighted by Crippen LogP contribution is 2.50. The van der Waals surface area contributed by atoms with Crippen LogP contribution in [0.3, 0.4) is 0 Å². The first-order valence-corrected chi connectivity index (χ1v) is 7.49. The number of rotatable bonds is 7. The molecule has 0 aliphatic heterocycles.